The summed E-state index contributed by atoms with van der Waals surface area (Å²) in [5.74, 6) is 0. The van der Waals surface area contributed by atoms with Crippen molar-refractivity contribution in [3.8, 4) is 0 Å². The average molecular weight is 339 g/mol. The highest BCUT2D eigenvalue weighted by Crippen LogP contribution is 2.33. The first kappa shape index (κ1) is 16.3. The molecular weight excluding hydrogens is 330 g/mol. The van der Waals surface area contributed by atoms with Gasteiger partial charge in [0.15, 0.2) is 0 Å². The third-order valence-corrected chi connectivity index (χ3v) is 3.73. The molecular formula is C12H9N3O7S. The van der Waals surface area contributed by atoms with Gasteiger partial charge in [-0.3, -0.25) is 24.8 Å². The Morgan fingerprint density at radius 3 is 2.17 bits per heavy atom. The Morgan fingerprint density at radius 1 is 0.957 bits per heavy atom. The molecule has 0 aromatic heterocycles. The number of nitro benzene ring substituents is 2. The van der Waals surface area contributed by atoms with E-state index in [-0.39, 0.29) is 11.4 Å². The number of nitrogens with one attached hydrogen (secondary N) is 1. The normalized spacial score (nSPS) is 11.0. The summed E-state index contributed by atoms with van der Waals surface area (Å²) in [5, 5.41) is 24.2. The zero-order valence-corrected chi connectivity index (χ0v) is 12.1. The Hall–Kier alpha value is -3.05. The average Bonchev–Trinajstić information content (AvgIpc) is 2.46. The summed E-state index contributed by atoms with van der Waals surface area (Å²) in [7, 11) is -4.55. The number of hydrogen-bond acceptors (Lipinski definition) is 7. The van der Waals surface area contributed by atoms with Crippen LogP contribution in [0.2, 0.25) is 0 Å². The van der Waals surface area contributed by atoms with E-state index in [0.29, 0.717) is 0 Å². The van der Waals surface area contributed by atoms with Gasteiger partial charge in [-0.1, -0.05) is 12.1 Å². The number of anilines is 2. The Balaban J connectivity index is 2.54. The van der Waals surface area contributed by atoms with Crippen LogP contribution in [0.15, 0.2) is 47.4 Å². The van der Waals surface area contributed by atoms with E-state index in [1.807, 2.05) is 0 Å². The summed E-state index contributed by atoms with van der Waals surface area (Å²) in [6.45, 7) is 0. The summed E-state index contributed by atoms with van der Waals surface area (Å²) in [4.78, 5) is 19.6. The van der Waals surface area contributed by atoms with E-state index in [9.17, 15) is 28.6 Å². The molecule has 23 heavy (non-hydrogen) atoms. The molecule has 2 aromatic rings. The topological polar surface area (TPSA) is 153 Å². The third-order valence-electron chi connectivity index (χ3n) is 2.82. The first-order valence-corrected chi connectivity index (χ1v) is 7.40. The monoisotopic (exact) mass is 339 g/mol. The molecule has 0 aliphatic heterocycles. The molecule has 11 heteroatoms. The second kappa shape index (κ2) is 5.98. The van der Waals surface area contributed by atoms with E-state index >= 15 is 0 Å². The number of rotatable bonds is 5. The fourth-order valence-corrected chi connectivity index (χ4v) is 2.48. The fourth-order valence-electron chi connectivity index (χ4n) is 1.83. The lowest BCUT2D eigenvalue weighted by molar-refractivity contribution is -0.393. The zero-order chi connectivity index (χ0) is 17.2. The Kier molecular flexibility index (Phi) is 4.24. The molecule has 0 fully saturated rings. The van der Waals surface area contributed by atoms with Crippen LogP contribution in [-0.2, 0) is 10.1 Å². The van der Waals surface area contributed by atoms with Gasteiger partial charge in [0, 0.05) is 6.07 Å². The first-order valence-electron chi connectivity index (χ1n) is 5.96. The molecule has 2 aromatic carbocycles. The van der Waals surface area contributed by atoms with E-state index in [2.05, 4.69) is 5.32 Å². The lowest BCUT2D eigenvalue weighted by atomic mass is 10.2. The van der Waals surface area contributed by atoms with E-state index in [4.69, 9.17) is 4.55 Å². The van der Waals surface area contributed by atoms with Crippen molar-refractivity contribution in [2.24, 2.45) is 0 Å². The molecule has 0 amide bonds. The van der Waals surface area contributed by atoms with Gasteiger partial charge in [0.1, 0.15) is 10.6 Å². The summed E-state index contributed by atoms with van der Waals surface area (Å²) in [6, 6.07) is 8.07. The smallest absolute Gasteiger partial charge is 0.299 e. The minimum atomic E-state index is -4.55. The van der Waals surface area contributed by atoms with Gasteiger partial charge in [0.2, 0.25) is 0 Å². The molecule has 0 heterocycles. The van der Waals surface area contributed by atoms with Crippen molar-refractivity contribution in [1.29, 1.82) is 0 Å². The minimum Gasteiger partial charge on any atom is -0.349 e. The molecule has 0 bridgehead atoms. The van der Waals surface area contributed by atoms with Crippen LogP contribution in [-0.4, -0.2) is 22.8 Å². The van der Waals surface area contributed by atoms with Crippen molar-refractivity contribution in [3.63, 3.8) is 0 Å². The van der Waals surface area contributed by atoms with Crippen LogP contribution >= 0.6 is 0 Å². The first-order chi connectivity index (χ1) is 10.7. The highest BCUT2D eigenvalue weighted by atomic mass is 32.2. The maximum absolute atomic E-state index is 11.3. The predicted molar refractivity (Wildman–Crippen MR) is 79.3 cm³/mol. The number of nitrogens with zero attached hydrogens (tertiary/aromatic N) is 2. The number of nitro groups is 2. The second-order valence-corrected chi connectivity index (χ2v) is 5.70. The third kappa shape index (κ3) is 3.59. The van der Waals surface area contributed by atoms with Crippen LogP contribution in [0.4, 0.5) is 22.7 Å². The quantitative estimate of drug-likeness (QED) is 0.478. The molecule has 0 aliphatic carbocycles. The van der Waals surface area contributed by atoms with Crippen molar-refractivity contribution in [2.75, 3.05) is 5.32 Å². The van der Waals surface area contributed by atoms with Crippen molar-refractivity contribution < 1.29 is 22.8 Å². The molecule has 0 saturated heterocycles. The summed E-state index contributed by atoms with van der Waals surface area (Å²) >= 11 is 0. The van der Waals surface area contributed by atoms with Crippen LogP contribution < -0.4 is 5.32 Å². The largest absolute Gasteiger partial charge is 0.349 e. The number of para-hydroxylation sites is 1. The maximum atomic E-state index is 11.3. The van der Waals surface area contributed by atoms with Crippen LogP contribution in [0.25, 0.3) is 0 Å². The fraction of sp³-hybridized carbons (Fsp3) is 0. The van der Waals surface area contributed by atoms with Gasteiger partial charge >= 0.3 is 0 Å². The van der Waals surface area contributed by atoms with Crippen molar-refractivity contribution in [1.82, 2.24) is 0 Å². The summed E-state index contributed by atoms with van der Waals surface area (Å²) in [6.07, 6.45) is 0. The SMILES string of the molecule is O=[N+]([O-])c1ccc(Nc2ccccc2S(=O)(=O)O)c([N+](=O)[O-])c1. The predicted octanol–water partition coefficient (Wildman–Crippen LogP) is 2.49. The van der Waals surface area contributed by atoms with E-state index in [0.717, 1.165) is 24.3 Å². The summed E-state index contributed by atoms with van der Waals surface area (Å²) < 4.78 is 31.7. The lowest BCUT2D eigenvalue weighted by Gasteiger charge is -2.10. The van der Waals surface area contributed by atoms with Crippen LogP contribution in [0, 0.1) is 20.2 Å². The van der Waals surface area contributed by atoms with Gasteiger partial charge in [-0.25, -0.2) is 0 Å². The van der Waals surface area contributed by atoms with Gasteiger partial charge in [-0.05, 0) is 18.2 Å². The molecule has 2 N–H and O–H groups in total. The van der Waals surface area contributed by atoms with Crippen molar-refractivity contribution >= 4 is 32.9 Å². The molecule has 10 nitrogen and oxygen atoms in total. The van der Waals surface area contributed by atoms with E-state index < -0.39 is 36.2 Å². The van der Waals surface area contributed by atoms with E-state index in [1.54, 1.807) is 0 Å². The van der Waals surface area contributed by atoms with Crippen molar-refractivity contribution in [3.05, 3.63) is 62.7 Å². The minimum absolute atomic E-state index is 0.105. The molecule has 2 rings (SSSR count). The molecule has 0 saturated carbocycles. The molecule has 0 aliphatic rings. The van der Waals surface area contributed by atoms with Gasteiger partial charge in [-0.15, -0.1) is 0 Å². The molecule has 0 spiro atoms. The Morgan fingerprint density at radius 2 is 1.61 bits per heavy atom. The van der Waals surface area contributed by atoms with Crippen LogP contribution in [0.5, 0.6) is 0 Å². The van der Waals surface area contributed by atoms with Crippen molar-refractivity contribution in [2.45, 2.75) is 4.90 Å². The Bertz CT molecular complexity index is 895. The highest BCUT2D eigenvalue weighted by molar-refractivity contribution is 7.86. The highest BCUT2D eigenvalue weighted by Gasteiger charge is 2.22. The van der Waals surface area contributed by atoms with Gasteiger partial charge < -0.3 is 5.32 Å². The Labute approximate surface area is 129 Å². The second-order valence-electron chi connectivity index (χ2n) is 4.31. The zero-order valence-electron chi connectivity index (χ0n) is 11.2. The molecule has 0 radical (unpaired) electrons. The number of non-ortho nitro benzene ring substituents is 1. The van der Waals surface area contributed by atoms with Gasteiger partial charge in [0.05, 0.1) is 21.6 Å². The van der Waals surface area contributed by atoms with Crippen LogP contribution in [0.1, 0.15) is 0 Å². The van der Waals surface area contributed by atoms with Gasteiger partial charge in [0.25, 0.3) is 21.5 Å². The number of hydrogen-bond donors (Lipinski definition) is 2. The molecule has 0 atom stereocenters. The number of benzene rings is 2. The molecule has 120 valence electrons. The lowest BCUT2D eigenvalue weighted by Crippen LogP contribution is -2.04. The standard InChI is InChI=1S/C12H9N3O7S/c16-14(17)8-5-6-9(11(7-8)15(18)19)13-10-3-1-2-4-12(10)23(20,21)22/h1-7,13H,(H,20,21,22). The maximum Gasteiger partial charge on any atom is 0.299 e. The van der Waals surface area contributed by atoms with Crippen LogP contribution in [0.3, 0.4) is 0 Å². The van der Waals surface area contributed by atoms with Gasteiger partial charge in [-0.2, -0.15) is 8.42 Å². The van der Waals surface area contributed by atoms with E-state index in [1.165, 1.54) is 18.2 Å². The molecule has 0 unspecified atom stereocenters. The summed E-state index contributed by atoms with van der Waals surface area (Å²) in [5.41, 5.74) is -1.35.